The van der Waals surface area contributed by atoms with Crippen molar-refractivity contribution in [3.05, 3.63) is 29.8 Å². The van der Waals surface area contributed by atoms with Crippen LogP contribution in [0.1, 0.15) is 5.56 Å². The molecule has 0 aromatic heterocycles. The molecule has 2 nitrogen and oxygen atoms in total. The quantitative estimate of drug-likeness (QED) is 0.755. The number of methoxy groups -OCH3 is 1. The molecule has 0 amide bonds. The summed E-state index contributed by atoms with van der Waals surface area (Å²) in [7, 11) is 1.73. The van der Waals surface area contributed by atoms with Crippen molar-refractivity contribution in [3.63, 3.8) is 0 Å². The highest BCUT2D eigenvalue weighted by Crippen LogP contribution is 2.34. The second-order valence-corrected chi connectivity index (χ2v) is 5.44. The molecular weight excluding hydrogens is 226 g/mol. The fourth-order valence-electron chi connectivity index (χ4n) is 1.30. The number of nitrogens with zero attached hydrogens (tertiary/aromatic N) is 1. The molecule has 0 fully saturated rings. The highest BCUT2D eigenvalue weighted by atomic mass is 32.2. The van der Waals surface area contributed by atoms with E-state index in [1.165, 1.54) is 5.56 Å². The van der Waals surface area contributed by atoms with Crippen LogP contribution in [0, 0.1) is 0 Å². The maximum absolute atomic E-state index is 5.02. The normalized spacial score (nSPS) is 14.6. The van der Waals surface area contributed by atoms with Crippen LogP contribution in [0.4, 0.5) is 5.69 Å². The van der Waals surface area contributed by atoms with E-state index in [0.717, 1.165) is 28.2 Å². The minimum absolute atomic E-state index is 0.784. The van der Waals surface area contributed by atoms with E-state index in [9.17, 15) is 0 Å². The van der Waals surface area contributed by atoms with Crippen molar-refractivity contribution in [2.24, 2.45) is 4.99 Å². The average Bonchev–Trinajstić information content (AvgIpc) is 2.29. The Morgan fingerprint density at radius 2 is 2.33 bits per heavy atom. The van der Waals surface area contributed by atoms with E-state index in [2.05, 4.69) is 23.2 Å². The smallest absolute Gasteiger partial charge is 0.130 e. The molecule has 0 N–H and O–H groups in total. The largest absolute Gasteiger partial charge is 0.384 e. The van der Waals surface area contributed by atoms with Gasteiger partial charge in [0.1, 0.15) is 4.38 Å². The summed E-state index contributed by atoms with van der Waals surface area (Å²) < 4.78 is 6.18. The van der Waals surface area contributed by atoms with Crippen LogP contribution in [0.15, 0.2) is 29.3 Å². The minimum atomic E-state index is 0.784. The van der Waals surface area contributed by atoms with Crippen molar-refractivity contribution in [1.82, 2.24) is 0 Å². The van der Waals surface area contributed by atoms with Crippen molar-refractivity contribution < 1.29 is 4.74 Å². The number of hydrogen-bond acceptors (Lipinski definition) is 4. The van der Waals surface area contributed by atoms with Gasteiger partial charge in [-0.25, -0.2) is 4.99 Å². The Morgan fingerprint density at radius 3 is 3.20 bits per heavy atom. The standard InChI is InChI=1S/C11H13NOS2/c1-13-6-7-14-11-12-10-5-3-2-4-9(10)8-15-11/h2-5H,6-8H2,1H3. The maximum atomic E-state index is 5.02. The van der Waals surface area contributed by atoms with Crippen LogP contribution < -0.4 is 0 Å². The van der Waals surface area contributed by atoms with Gasteiger partial charge in [-0.1, -0.05) is 41.7 Å². The topological polar surface area (TPSA) is 21.6 Å². The fraction of sp³-hybridized carbons (Fsp3) is 0.364. The number of fused-ring (bicyclic) bond motifs is 1. The Labute approximate surface area is 98.5 Å². The van der Waals surface area contributed by atoms with Crippen molar-refractivity contribution in [2.75, 3.05) is 19.5 Å². The van der Waals surface area contributed by atoms with Gasteiger partial charge in [0, 0.05) is 18.6 Å². The monoisotopic (exact) mass is 239 g/mol. The lowest BCUT2D eigenvalue weighted by molar-refractivity contribution is 0.219. The number of para-hydroxylation sites is 1. The van der Waals surface area contributed by atoms with Crippen molar-refractivity contribution >= 4 is 33.6 Å². The molecule has 1 aliphatic rings. The highest BCUT2D eigenvalue weighted by Gasteiger charge is 2.11. The number of benzene rings is 1. The zero-order chi connectivity index (χ0) is 10.5. The molecule has 80 valence electrons. The summed E-state index contributed by atoms with van der Waals surface area (Å²) in [6.07, 6.45) is 0. The Morgan fingerprint density at radius 1 is 1.47 bits per heavy atom. The lowest BCUT2D eigenvalue weighted by atomic mass is 10.2. The molecule has 0 bridgehead atoms. The summed E-state index contributed by atoms with van der Waals surface area (Å²) in [5.74, 6) is 2.01. The molecule has 4 heteroatoms. The molecule has 0 atom stereocenters. The lowest BCUT2D eigenvalue weighted by Crippen LogP contribution is -1.99. The van der Waals surface area contributed by atoms with Crippen LogP contribution in [0.3, 0.4) is 0 Å². The molecule has 0 unspecified atom stereocenters. The summed E-state index contributed by atoms with van der Waals surface area (Å²) in [5.41, 5.74) is 2.45. The first-order valence-corrected chi connectivity index (χ1v) is 6.78. The Kier molecular flexibility index (Phi) is 4.11. The first-order valence-electron chi connectivity index (χ1n) is 4.81. The van der Waals surface area contributed by atoms with E-state index >= 15 is 0 Å². The van der Waals surface area contributed by atoms with Gasteiger partial charge in [-0.2, -0.15) is 0 Å². The first-order chi connectivity index (χ1) is 7.40. The van der Waals surface area contributed by atoms with Gasteiger partial charge in [-0.3, -0.25) is 0 Å². The van der Waals surface area contributed by atoms with E-state index < -0.39 is 0 Å². The Hall–Kier alpha value is -0.450. The van der Waals surface area contributed by atoms with Gasteiger partial charge in [0.25, 0.3) is 0 Å². The van der Waals surface area contributed by atoms with Gasteiger partial charge in [0.2, 0.25) is 0 Å². The van der Waals surface area contributed by atoms with Crippen LogP contribution in [-0.2, 0) is 10.5 Å². The van der Waals surface area contributed by atoms with E-state index in [1.807, 2.05) is 17.8 Å². The van der Waals surface area contributed by atoms with Gasteiger partial charge >= 0.3 is 0 Å². The summed E-state index contributed by atoms with van der Waals surface area (Å²) in [5, 5.41) is 0. The second-order valence-electron chi connectivity index (χ2n) is 3.14. The van der Waals surface area contributed by atoms with Gasteiger partial charge < -0.3 is 4.74 Å². The van der Waals surface area contributed by atoms with Crippen molar-refractivity contribution in [2.45, 2.75) is 5.75 Å². The van der Waals surface area contributed by atoms with Crippen molar-refractivity contribution in [1.29, 1.82) is 0 Å². The zero-order valence-electron chi connectivity index (χ0n) is 8.60. The summed E-state index contributed by atoms with van der Waals surface area (Å²) >= 11 is 3.59. The average molecular weight is 239 g/mol. The summed E-state index contributed by atoms with van der Waals surface area (Å²) in [4.78, 5) is 4.60. The molecular formula is C11H13NOS2. The number of hydrogen-bond donors (Lipinski definition) is 0. The lowest BCUT2D eigenvalue weighted by Gasteiger charge is -2.13. The van der Waals surface area contributed by atoms with Gasteiger partial charge in [0.05, 0.1) is 12.3 Å². The predicted molar refractivity (Wildman–Crippen MR) is 69.2 cm³/mol. The van der Waals surface area contributed by atoms with Crippen LogP contribution in [0.25, 0.3) is 0 Å². The third kappa shape index (κ3) is 3.00. The highest BCUT2D eigenvalue weighted by molar-refractivity contribution is 8.38. The van der Waals surface area contributed by atoms with Crippen LogP contribution in [-0.4, -0.2) is 23.8 Å². The molecule has 1 heterocycles. The van der Waals surface area contributed by atoms with E-state index in [1.54, 1.807) is 18.9 Å². The molecule has 1 aromatic rings. The molecule has 15 heavy (non-hydrogen) atoms. The molecule has 0 spiro atoms. The molecule has 2 rings (SSSR count). The first kappa shape index (κ1) is 11.0. The van der Waals surface area contributed by atoms with E-state index in [-0.39, 0.29) is 0 Å². The SMILES string of the molecule is COCCSC1=Nc2ccccc2CS1. The molecule has 0 aliphatic carbocycles. The summed E-state index contributed by atoms with van der Waals surface area (Å²) in [6.45, 7) is 0.784. The molecule has 0 saturated heterocycles. The molecule has 0 radical (unpaired) electrons. The number of aliphatic imine (C=N–C) groups is 1. The number of thioether (sulfide) groups is 2. The van der Waals surface area contributed by atoms with Gasteiger partial charge in [-0.15, -0.1) is 0 Å². The van der Waals surface area contributed by atoms with Crippen LogP contribution in [0.2, 0.25) is 0 Å². The fourth-order valence-corrected chi connectivity index (χ4v) is 3.33. The number of ether oxygens (including phenoxy) is 1. The molecule has 1 aromatic carbocycles. The van der Waals surface area contributed by atoms with E-state index in [4.69, 9.17) is 4.74 Å². The Bertz CT molecular complexity index is 365. The van der Waals surface area contributed by atoms with Crippen LogP contribution in [0.5, 0.6) is 0 Å². The predicted octanol–water partition coefficient (Wildman–Crippen LogP) is 3.30. The van der Waals surface area contributed by atoms with Gasteiger partial charge in [0.15, 0.2) is 0 Å². The summed E-state index contributed by atoms with van der Waals surface area (Å²) in [6, 6.07) is 8.32. The maximum Gasteiger partial charge on any atom is 0.130 e. The second kappa shape index (κ2) is 5.58. The molecule has 0 saturated carbocycles. The number of rotatable bonds is 3. The van der Waals surface area contributed by atoms with Gasteiger partial charge in [-0.05, 0) is 11.6 Å². The molecule has 1 aliphatic heterocycles. The third-order valence-corrected chi connectivity index (χ3v) is 4.28. The van der Waals surface area contributed by atoms with Crippen LogP contribution >= 0.6 is 23.5 Å². The zero-order valence-corrected chi connectivity index (χ0v) is 10.2. The third-order valence-electron chi connectivity index (χ3n) is 2.07. The Balaban J connectivity index is 2.02. The minimum Gasteiger partial charge on any atom is -0.384 e. The van der Waals surface area contributed by atoms with Crippen molar-refractivity contribution in [3.8, 4) is 0 Å². The van der Waals surface area contributed by atoms with E-state index in [0.29, 0.717) is 0 Å².